The molecule has 0 saturated carbocycles. The van der Waals surface area contributed by atoms with Crippen LogP contribution in [0.4, 0.5) is 13.2 Å². The summed E-state index contributed by atoms with van der Waals surface area (Å²) in [4.78, 5) is 5.61. The van der Waals surface area contributed by atoms with Crippen molar-refractivity contribution >= 4 is 45.7 Å². The minimum absolute atomic E-state index is 0.559. The Bertz CT molecular complexity index is 1410. The van der Waals surface area contributed by atoms with Gasteiger partial charge in [-0.25, -0.2) is 4.98 Å². The molecule has 1 aromatic heterocycles. The van der Waals surface area contributed by atoms with Crippen LogP contribution in [0.25, 0.3) is 21.6 Å². The summed E-state index contributed by atoms with van der Waals surface area (Å²) in [5.41, 5.74) is 1.16. The molecule has 0 saturated heterocycles. The maximum atomic E-state index is 13.4. The first-order chi connectivity index (χ1) is 13.9. The van der Waals surface area contributed by atoms with Gasteiger partial charge in [-0.15, -0.1) is 11.3 Å². The number of allylic oxidation sites excluding steroid dienone is 2. The standard InChI is InChI=1S/C22H11ClF3NS2/c23-15-6-3-12(4-7-15)21-27-19-16-8-5-14(22(24,25)26)11-17(16)20-13(2-1-9-28-20)10-18(19)29-21/h1-11H. The topological polar surface area (TPSA) is 12.9 Å². The van der Waals surface area contributed by atoms with Crippen LogP contribution in [0.3, 0.4) is 0 Å². The highest BCUT2D eigenvalue weighted by molar-refractivity contribution is 8.11. The lowest BCUT2D eigenvalue weighted by atomic mass is 10.1. The molecule has 0 atom stereocenters. The molecule has 1 aliphatic heterocycles. The molecule has 2 aromatic carbocycles. The maximum absolute atomic E-state index is 13.4. The SMILES string of the molecule is FC(F)(F)c1ccc2c(c1)=C1SC=CC=C1C=c1sc(-c3ccc(Cl)cc3)nc1=2. The van der Waals surface area contributed by atoms with Gasteiger partial charge in [-0.3, -0.25) is 0 Å². The number of hydrogen-bond donors (Lipinski definition) is 0. The van der Waals surface area contributed by atoms with Gasteiger partial charge in [-0.05, 0) is 46.5 Å². The minimum Gasteiger partial charge on any atom is -0.235 e. The van der Waals surface area contributed by atoms with Crippen molar-refractivity contribution in [3.05, 3.63) is 96.5 Å². The quantitative estimate of drug-likeness (QED) is 0.465. The fraction of sp³-hybridized carbons (Fsp3) is 0.0455. The molecule has 144 valence electrons. The predicted octanol–water partition coefficient (Wildman–Crippen LogP) is 5.86. The third kappa shape index (κ3) is 3.35. The number of halogens is 4. The monoisotopic (exact) mass is 445 g/mol. The number of hydrogen-bond acceptors (Lipinski definition) is 3. The fourth-order valence-corrected chi connectivity index (χ4v) is 5.34. The van der Waals surface area contributed by atoms with E-state index < -0.39 is 11.7 Å². The Labute approximate surface area is 176 Å². The van der Waals surface area contributed by atoms with Crippen LogP contribution in [0.2, 0.25) is 5.02 Å². The van der Waals surface area contributed by atoms with Gasteiger partial charge in [0.2, 0.25) is 0 Å². The smallest absolute Gasteiger partial charge is 0.235 e. The van der Waals surface area contributed by atoms with Crippen LogP contribution >= 0.6 is 34.7 Å². The molecule has 0 amide bonds. The summed E-state index contributed by atoms with van der Waals surface area (Å²) in [6, 6.07) is 11.3. The summed E-state index contributed by atoms with van der Waals surface area (Å²) in [6.45, 7) is 0. The lowest BCUT2D eigenvalue weighted by Gasteiger charge is -2.11. The number of rotatable bonds is 1. The van der Waals surface area contributed by atoms with E-state index in [0.29, 0.717) is 20.8 Å². The molecule has 0 bridgehead atoms. The Morgan fingerprint density at radius 2 is 1.76 bits per heavy atom. The summed E-state index contributed by atoms with van der Waals surface area (Å²) in [5, 5.41) is 5.29. The number of thiazole rings is 1. The van der Waals surface area contributed by atoms with E-state index in [4.69, 9.17) is 16.6 Å². The summed E-state index contributed by atoms with van der Waals surface area (Å²) < 4.78 is 41.0. The summed E-state index contributed by atoms with van der Waals surface area (Å²) in [7, 11) is 0. The molecule has 29 heavy (non-hydrogen) atoms. The van der Waals surface area contributed by atoms with E-state index in [-0.39, 0.29) is 0 Å². The Morgan fingerprint density at radius 1 is 0.966 bits per heavy atom. The van der Waals surface area contributed by atoms with Crippen LogP contribution in [0.5, 0.6) is 0 Å². The number of thioether (sulfide) groups is 1. The van der Waals surface area contributed by atoms with Crippen LogP contribution in [0.1, 0.15) is 5.56 Å². The molecule has 0 N–H and O–H groups in total. The lowest BCUT2D eigenvalue weighted by Crippen LogP contribution is -2.14. The molecular formula is C22H11ClF3NS2. The average Bonchev–Trinajstić information content (AvgIpc) is 3.06. The number of nitrogens with zero attached hydrogens (tertiary/aromatic N) is 1. The van der Waals surface area contributed by atoms with Crippen molar-refractivity contribution in [1.29, 1.82) is 0 Å². The van der Waals surface area contributed by atoms with Crippen molar-refractivity contribution in [2.45, 2.75) is 6.18 Å². The Hall–Kier alpha value is -2.28. The molecule has 1 nitrogen and oxygen atoms in total. The normalized spacial score (nSPS) is 15.0. The summed E-state index contributed by atoms with van der Waals surface area (Å²) >= 11 is 8.93. The van der Waals surface area contributed by atoms with Gasteiger partial charge in [-0.2, -0.15) is 13.2 Å². The van der Waals surface area contributed by atoms with E-state index in [9.17, 15) is 13.2 Å². The molecule has 7 heteroatoms. The minimum atomic E-state index is -4.40. The average molecular weight is 446 g/mol. The Balaban J connectivity index is 1.90. The van der Waals surface area contributed by atoms with Gasteiger partial charge in [-0.1, -0.05) is 53.7 Å². The van der Waals surface area contributed by atoms with Gasteiger partial charge in [0.15, 0.2) is 0 Å². The lowest BCUT2D eigenvalue weighted by molar-refractivity contribution is -0.137. The molecule has 0 unspecified atom stereocenters. The molecular weight excluding hydrogens is 435 g/mol. The largest absolute Gasteiger partial charge is 0.416 e. The van der Waals surface area contributed by atoms with Gasteiger partial charge in [0, 0.05) is 20.7 Å². The molecule has 1 aliphatic carbocycles. The molecule has 2 heterocycles. The van der Waals surface area contributed by atoms with E-state index in [1.807, 2.05) is 35.8 Å². The van der Waals surface area contributed by atoms with Crippen molar-refractivity contribution in [1.82, 2.24) is 4.98 Å². The van der Waals surface area contributed by atoms with Gasteiger partial charge in [0.25, 0.3) is 0 Å². The Morgan fingerprint density at radius 3 is 2.52 bits per heavy atom. The van der Waals surface area contributed by atoms with Crippen LogP contribution < -0.4 is 9.75 Å². The second kappa shape index (κ2) is 6.90. The van der Waals surface area contributed by atoms with E-state index >= 15 is 0 Å². The maximum Gasteiger partial charge on any atom is 0.416 e. The van der Waals surface area contributed by atoms with E-state index in [1.165, 1.54) is 35.2 Å². The first-order valence-corrected chi connectivity index (χ1v) is 10.7. The number of benzene rings is 2. The molecule has 3 aromatic rings. The van der Waals surface area contributed by atoms with Crippen molar-refractivity contribution in [2.24, 2.45) is 0 Å². The number of aromatic nitrogens is 1. The van der Waals surface area contributed by atoms with E-state index in [2.05, 4.69) is 0 Å². The summed E-state index contributed by atoms with van der Waals surface area (Å²) in [6.07, 6.45) is 1.43. The molecule has 0 radical (unpaired) electrons. The third-order valence-corrected chi connectivity index (χ3v) is 6.97. The molecule has 0 spiro atoms. The van der Waals surface area contributed by atoms with E-state index in [0.717, 1.165) is 31.6 Å². The molecule has 2 aliphatic rings. The zero-order valence-corrected chi connectivity index (χ0v) is 17.0. The molecule has 5 rings (SSSR count). The van der Waals surface area contributed by atoms with Crippen molar-refractivity contribution in [3.8, 4) is 10.6 Å². The fourth-order valence-electron chi connectivity index (χ4n) is 3.32. The second-order valence-electron chi connectivity index (χ2n) is 6.54. The number of alkyl halides is 3. The third-order valence-electron chi connectivity index (χ3n) is 4.68. The van der Waals surface area contributed by atoms with Gasteiger partial charge in [0.1, 0.15) is 5.01 Å². The zero-order chi connectivity index (χ0) is 20.2. The number of fused-ring (bicyclic) bond motifs is 3. The highest BCUT2D eigenvalue weighted by atomic mass is 35.5. The van der Waals surface area contributed by atoms with Gasteiger partial charge in [0.05, 0.1) is 15.4 Å². The van der Waals surface area contributed by atoms with Crippen LogP contribution in [0.15, 0.2) is 65.6 Å². The van der Waals surface area contributed by atoms with Crippen molar-refractivity contribution < 1.29 is 13.2 Å². The van der Waals surface area contributed by atoms with Gasteiger partial charge >= 0.3 is 6.18 Å². The van der Waals surface area contributed by atoms with Crippen LogP contribution in [-0.4, -0.2) is 4.98 Å². The zero-order valence-electron chi connectivity index (χ0n) is 14.6. The highest BCUT2D eigenvalue weighted by Crippen LogP contribution is 2.33. The predicted molar refractivity (Wildman–Crippen MR) is 114 cm³/mol. The van der Waals surface area contributed by atoms with Crippen molar-refractivity contribution in [2.75, 3.05) is 0 Å². The van der Waals surface area contributed by atoms with Gasteiger partial charge < -0.3 is 0 Å². The van der Waals surface area contributed by atoms with Crippen molar-refractivity contribution in [3.63, 3.8) is 0 Å². The first kappa shape index (κ1) is 18.7. The van der Waals surface area contributed by atoms with Crippen LogP contribution in [0, 0.1) is 10.6 Å². The Kier molecular flexibility index (Phi) is 4.46. The summed E-state index contributed by atoms with van der Waals surface area (Å²) in [5.74, 6) is 0. The first-order valence-electron chi connectivity index (χ1n) is 8.64. The molecule has 0 fully saturated rings. The van der Waals surface area contributed by atoms with E-state index in [1.54, 1.807) is 12.1 Å². The van der Waals surface area contributed by atoms with Crippen LogP contribution in [-0.2, 0) is 6.18 Å². The highest BCUT2D eigenvalue weighted by Gasteiger charge is 2.30. The second-order valence-corrected chi connectivity index (χ2v) is 8.92.